The topological polar surface area (TPSA) is 0 Å². The van der Waals surface area contributed by atoms with E-state index in [0.29, 0.717) is 0 Å². The smallest absolute Gasteiger partial charge is 0 e. The molecule has 0 nitrogen and oxygen atoms in total. The van der Waals surface area contributed by atoms with Gasteiger partial charge < -0.3 is 0 Å². The van der Waals surface area contributed by atoms with Crippen molar-refractivity contribution in [1.82, 2.24) is 0 Å². The van der Waals surface area contributed by atoms with Gasteiger partial charge in [-0.05, 0) is 42.8 Å². The van der Waals surface area contributed by atoms with Gasteiger partial charge in [0.2, 0.25) is 0 Å². The molecule has 0 radical (unpaired) electrons. The summed E-state index contributed by atoms with van der Waals surface area (Å²) in [6, 6.07) is 4.30. The summed E-state index contributed by atoms with van der Waals surface area (Å²) in [5, 5.41) is 1.31. The van der Waals surface area contributed by atoms with Gasteiger partial charge >= 0.3 is 0 Å². The van der Waals surface area contributed by atoms with Crippen molar-refractivity contribution in [3.8, 4) is 0 Å². The van der Waals surface area contributed by atoms with E-state index < -0.39 is 0 Å². The molecule has 1 aromatic carbocycles. The van der Waals surface area contributed by atoms with Crippen LogP contribution in [0.2, 0.25) is 0 Å². The van der Waals surface area contributed by atoms with Crippen LogP contribution >= 0.6 is 9.24 Å². The fourth-order valence-corrected chi connectivity index (χ4v) is 1.29. The van der Waals surface area contributed by atoms with Crippen LogP contribution in [0, 0.1) is 20.8 Å². The van der Waals surface area contributed by atoms with E-state index in [9.17, 15) is 0 Å². The Hall–Kier alpha value is 0.338. The van der Waals surface area contributed by atoms with Crippen molar-refractivity contribution in [2.75, 3.05) is 0 Å². The van der Waals surface area contributed by atoms with E-state index in [1.54, 1.807) is 0 Å². The van der Waals surface area contributed by atoms with Crippen LogP contribution in [0.4, 0.5) is 0 Å². The average molecular weight is 347 g/mol. The van der Waals surface area contributed by atoms with E-state index >= 15 is 0 Å². The molecule has 11 heavy (non-hydrogen) atoms. The molecule has 0 aliphatic carbocycles. The van der Waals surface area contributed by atoms with Crippen molar-refractivity contribution in [2.45, 2.75) is 20.8 Å². The van der Waals surface area contributed by atoms with Crippen LogP contribution in [0.25, 0.3) is 0 Å². The molecule has 1 aromatic rings. The summed E-state index contributed by atoms with van der Waals surface area (Å²) in [5.41, 5.74) is 4.18. The standard InChI is InChI=1S/C9H13P.Pt/c1-6-4-5-9(10)8(3)7(6)2;/h4-5H,10H2,1-3H3;. The van der Waals surface area contributed by atoms with Crippen molar-refractivity contribution >= 4 is 14.5 Å². The zero-order valence-electron chi connectivity index (χ0n) is 7.05. The van der Waals surface area contributed by atoms with Crippen molar-refractivity contribution < 1.29 is 21.1 Å². The summed E-state index contributed by atoms with van der Waals surface area (Å²) >= 11 is 0. The van der Waals surface area contributed by atoms with Gasteiger partial charge in [-0.3, -0.25) is 0 Å². The second-order valence-corrected chi connectivity index (χ2v) is 3.34. The molecular formula is C9H13PPt. The van der Waals surface area contributed by atoms with Gasteiger partial charge in [0.15, 0.2) is 0 Å². The van der Waals surface area contributed by atoms with Crippen molar-refractivity contribution in [2.24, 2.45) is 0 Å². The predicted octanol–water partition coefficient (Wildman–Crippen LogP) is 2.11. The van der Waals surface area contributed by atoms with Crippen molar-refractivity contribution in [1.29, 1.82) is 0 Å². The monoisotopic (exact) mass is 347 g/mol. The van der Waals surface area contributed by atoms with Gasteiger partial charge in [-0.1, -0.05) is 12.1 Å². The summed E-state index contributed by atoms with van der Waals surface area (Å²) in [6.07, 6.45) is 0. The Labute approximate surface area is 85.2 Å². The average Bonchev–Trinajstić information content (AvgIpc) is 1.93. The van der Waals surface area contributed by atoms with Crippen LogP contribution in [0.5, 0.6) is 0 Å². The molecule has 1 atom stereocenters. The molecule has 0 saturated heterocycles. The third-order valence-corrected chi connectivity index (χ3v) is 2.73. The van der Waals surface area contributed by atoms with E-state index in [0.717, 1.165) is 0 Å². The Morgan fingerprint density at radius 2 is 1.55 bits per heavy atom. The minimum absolute atomic E-state index is 0. The van der Waals surface area contributed by atoms with Crippen LogP contribution in [0.3, 0.4) is 0 Å². The minimum Gasteiger partial charge on any atom is -0.105 e. The van der Waals surface area contributed by atoms with Gasteiger partial charge in [-0.25, -0.2) is 0 Å². The predicted molar refractivity (Wildman–Crippen MR) is 50.0 cm³/mol. The zero-order valence-corrected chi connectivity index (χ0v) is 10.5. The Bertz CT molecular complexity index is 229. The van der Waals surface area contributed by atoms with Gasteiger partial charge in [-0.15, -0.1) is 9.24 Å². The van der Waals surface area contributed by atoms with E-state index in [1.165, 1.54) is 22.0 Å². The number of hydrogen-bond donors (Lipinski definition) is 0. The summed E-state index contributed by atoms with van der Waals surface area (Å²) in [7, 11) is 2.74. The molecule has 0 amide bonds. The minimum atomic E-state index is 0. The fourth-order valence-electron chi connectivity index (χ4n) is 0.977. The van der Waals surface area contributed by atoms with Crippen LogP contribution in [0.15, 0.2) is 12.1 Å². The van der Waals surface area contributed by atoms with Crippen LogP contribution in [-0.4, -0.2) is 0 Å². The Morgan fingerprint density at radius 1 is 1.00 bits per heavy atom. The number of rotatable bonds is 0. The van der Waals surface area contributed by atoms with Gasteiger partial charge in [0.05, 0.1) is 0 Å². The van der Waals surface area contributed by atoms with Crippen molar-refractivity contribution in [3.63, 3.8) is 0 Å². The largest absolute Gasteiger partial charge is 0.105 e. The summed E-state index contributed by atoms with van der Waals surface area (Å²) < 4.78 is 0. The molecule has 2 heteroatoms. The van der Waals surface area contributed by atoms with Gasteiger partial charge in [0.1, 0.15) is 0 Å². The first kappa shape index (κ1) is 11.3. The molecule has 0 spiro atoms. The van der Waals surface area contributed by atoms with Gasteiger partial charge in [0.25, 0.3) is 0 Å². The molecular weight excluding hydrogens is 334 g/mol. The Kier molecular flexibility index (Phi) is 4.52. The normalized spacial score (nSPS) is 9.09. The van der Waals surface area contributed by atoms with E-state index in [1.807, 2.05) is 0 Å². The molecule has 0 heterocycles. The first-order chi connectivity index (χ1) is 4.63. The second kappa shape index (κ2) is 4.39. The molecule has 0 fully saturated rings. The molecule has 64 valence electrons. The number of benzene rings is 1. The molecule has 1 rings (SSSR count). The summed E-state index contributed by atoms with van der Waals surface area (Å²) in [5.74, 6) is 0. The van der Waals surface area contributed by atoms with Crippen LogP contribution < -0.4 is 5.30 Å². The van der Waals surface area contributed by atoms with Gasteiger partial charge in [-0.2, -0.15) is 0 Å². The SMILES string of the molecule is Cc1ccc(P)c(C)c1C.[Pt]. The van der Waals surface area contributed by atoms with E-state index in [2.05, 4.69) is 42.1 Å². The molecule has 0 bridgehead atoms. The van der Waals surface area contributed by atoms with Crippen LogP contribution in [-0.2, 0) is 21.1 Å². The maximum absolute atomic E-state index is 2.74. The molecule has 0 aromatic heterocycles. The molecule has 1 unspecified atom stereocenters. The molecule has 0 aliphatic rings. The second-order valence-electron chi connectivity index (χ2n) is 2.72. The molecule has 0 aliphatic heterocycles. The summed E-state index contributed by atoms with van der Waals surface area (Å²) in [6.45, 7) is 6.47. The molecule has 0 saturated carbocycles. The first-order valence-corrected chi connectivity index (χ1v) is 4.03. The maximum Gasteiger partial charge on any atom is 0 e. The Balaban J connectivity index is 0.000001000. The quantitative estimate of drug-likeness (QED) is 0.631. The first-order valence-electron chi connectivity index (χ1n) is 3.45. The van der Waals surface area contributed by atoms with E-state index in [4.69, 9.17) is 0 Å². The van der Waals surface area contributed by atoms with Crippen LogP contribution in [0.1, 0.15) is 16.7 Å². The maximum atomic E-state index is 2.74. The van der Waals surface area contributed by atoms with E-state index in [-0.39, 0.29) is 21.1 Å². The third kappa shape index (κ3) is 2.39. The van der Waals surface area contributed by atoms with Gasteiger partial charge in [0, 0.05) is 21.1 Å². The third-order valence-electron chi connectivity index (χ3n) is 2.10. The van der Waals surface area contributed by atoms with Crippen molar-refractivity contribution in [3.05, 3.63) is 28.8 Å². The number of hydrogen-bond acceptors (Lipinski definition) is 0. The fraction of sp³-hybridized carbons (Fsp3) is 0.333. The number of aryl methyl sites for hydroxylation is 1. The Morgan fingerprint density at radius 3 is 2.00 bits per heavy atom. The zero-order chi connectivity index (χ0) is 7.72. The summed E-state index contributed by atoms with van der Waals surface area (Å²) in [4.78, 5) is 0. The molecule has 0 N–H and O–H groups in total.